The molecule has 1 rings (SSSR count). The number of hydrogen-bond donors (Lipinski definition) is 0. The van der Waals surface area contributed by atoms with Crippen molar-refractivity contribution in [3.8, 4) is 0 Å². The Kier molecular flexibility index (Phi) is 4.18. The molecule has 0 spiro atoms. The molecule has 0 bridgehead atoms. The van der Waals surface area contributed by atoms with Gasteiger partial charge in [0, 0.05) is 26.2 Å². The van der Waals surface area contributed by atoms with Gasteiger partial charge in [0.05, 0.1) is 6.42 Å². The fourth-order valence-corrected chi connectivity index (χ4v) is 0.958. The number of carbonyl (C=O) groups is 1. The Balaban J connectivity index is 1.90. The summed E-state index contributed by atoms with van der Waals surface area (Å²) in [5.41, 5.74) is 0. The van der Waals surface area contributed by atoms with Crippen LogP contribution in [-0.2, 0) is 9.53 Å². The van der Waals surface area contributed by atoms with Crippen molar-refractivity contribution in [3.05, 3.63) is 0 Å². The summed E-state index contributed by atoms with van der Waals surface area (Å²) in [4.78, 5) is 15.3. The van der Waals surface area contributed by atoms with E-state index >= 15 is 0 Å². The van der Waals surface area contributed by atoms with E-state index in [0.29, 0.717) is 13.0 Å². The quantitative estimate of drug-likeness (QED) is 0.425. The summed E-state index contributed by atoms with van der Waals surface area (Å²) >= 11 is 0. The minimum absolute atomic E-state index is 0.0752. The average Bonchev–Trinajstić information content (AvgIpc) is 2.83. The molecule has 13 heavy (non-hydrogen) atoms. The molecule has 0 radical (unpaired) electrons. The summed E-state index contributed by atoms with van der Waals surface area (Å²) < 4.78 is 5.02. The fraction of sp³-hybridized carbons (Fsp3) is 0.889. The van der Waals surface area contributed by atoms with Crippen LogP contribution in [0.15, 0.2) is 0 Å². The van der Waals surface area contributed by atoms with Crippen molar-refractivity contribution in [1.29, 1.82) is 0 Å². The molecule has 0 unspecified atom stereocenters. The molecule has 1 saturated heterocycles. The van der Waals surface area contributed by atoms with E-state index in [1.807, 2.05) is 19.0 Å². The number of likely N-dealkylation sites (N-methyl/N-ethyl adjacent to an activating group) is 1. The maximum absolute atomic E-state index is 11.1. The van der Waals surface area contributed by atoms with Crippen molar-refractivity contribution < 1.29 is 9.53 Å². The van der Waals surface area contributed by atoms with Crippen molar-refractivity contribution in [2.75, 3.05) is 46.9 Å². The van der Waals surface area contributed by atoms with Crippen molar-refractivity contribution in [3.63, 3.8) is 0 Å². The predicted octanol–water partition coefficient (Wildman–Crippen LogP) is -0.203. The minimum atomic E-state index is -0.0752. The minimum Gasteiger partial charge on any atom is -0.464 e. The first kappa shape index (κ1) is 10.5. The maximum Gasteiger partial charge on any atom is 0.307 e. The monoisotopic (exact) mass is 186 g/mol. The van der Waals surface area contributed by atoms with Crippen LogP contribution in [-0.4, -0.2) is 62.7 Å². The van der Waals surface area contributed by atoms with Crippen LogP contribution < -0.4 is 0 Å². The molecule has 0 aliphatic carbocycles. The van der Waals surface area contributed by atoms with Crippen molar-refractivity contribution in [2.45, 2.75) is 6.42 Å². The highest BCUT2D eigenvalue weighted by Crippen LogP contribution is 2.03. The molecule has 4 heteroatoms. The van der Waals surface area contributed by atoms with Gasteiger partial charge in [0.15, 0.2) is 0 Å². The molecular weight excluding hydrogens is 168 g/mol. The van der Waals surface area contributed by atoms with Gasteiger partial charge < -0.3 is 14.5 Å². The van der Waals surface area contributed by atoms with Gasteiger partial charge >= 0.3 is 5.97 Å². The van der Waals surface area contributed by atoms with Crippen LogP contribution in [0.3, 0.4) is 0 Å². The first-order valence-electron chi connectivity index (χ1n) is 4.71. The lowest BCUT2D eigenvalue weighted by Crippen LogP contribution is -2.21. The van der Waals surface area contributed by atoms with E-state index < -0.39 is 0 Å². The summed E-state index contributed by atoms with van der Waals surface area (Å²) in [5.74, 6) is -0.0752. The molecule has 0 aromatic rings. The molecule has 76 valence electrons. The molecule has 1 aliphatic heterocycles. The smallest absolute Gasteiger partial charge is 0.307 e. The summed E-state index contributed by atoms with van der Waals surface area (Å²) in [7, 11) is 3.92. The molecule has 0 aromatic heterocycles. The fourth-order valence-electron chi connectivity index (χ4n) is 0.958. The number of hydrogen-bond acceptors (Lipinski definition) is 4. The predicted molar refractivity (Wildman–Crippen MR) is 50.6 cm³/mol. The summed E-state index contributed by atoms with van der Waals surface area (Å²) in [6, 6.07) is 0. The lowest BCUT2D eigenvalue weighted by Gasteiger charge is -2.09. The van der Waals surface area contributed by atoms with Crippen LogP contribution in [0.1, 0.15) is 6.42 Å². The second-order valence-electron chi connectivity index (χ2n) is 3.62. The second kappa shape index (κ2) is 5.19. The molecule has 0 N–H and O–H groups in total. The van der Waals surface area contributed by atoms with E-state index in [-0.39, 0.29) is 5.97 Å². The number of nitrogens with zero attached hydrogens (tertiary/aromatic N) is 2. The average molecular weight is 186 g/mol. The molecule has 0 aromatic carbocycles. The molecule has 1 aliphatic rings. The maximum atomic E-state index is 11.1. The van der Waals surface area contributed by atoms with Crippen molar-refractivity contribution in [2.24, 2.45) is 0 Å². The first-order chi connectivity index (χ1) is 6.18. The molecule has 0 amide bonds. The van der Waals surface area contributed by atoms with Gasteiger partial charge in [-0.05, 0) is 14.1 Å². The van der Waals surface area contributed by atoms with Crippen LogP contribution in [0.2, 0.25) is 0 Å². The number of esters is 1. The van der Waals surface area contributed by atoms with Crippen molar-refractivity contribution in [1.82, 2.24) is 9.80 Å². The second-order valence-corrected chi connectivity index (χ2v) is 3.62. The summed E-state index contributed by atoms with van der Waals surface area (Å²) in [6.07, 6.45) is 0.535. The zero-order chi connectivity index (χ0) is 9.68. The Bertz CT molecular complexity index is 167. The Morgan fingerprint density at radius 2 is 2.15 bits per heavy atom. The van der Waals surface area contributed by atoms with Gasteiger partial charge in [-0.2, -0.15) is 0 Å². The molecule has 0 atom stereocenters. The Labute approximate surface area is 79.4 Å². The van der Waals surface area contributed by atoms with Gasteiger partial charge in [0.1, 0.15) is 6.61 Å². The highest BCUT2D eigenvalue weighted by atomic mass is 16.5. The highest BCUT2D eigenvalue weighted by Gasteiger charge is 2.17. The SMILES string of the molecule is CN(C)CCOC(=O)CCN1CC1. The van der Waals surface area contributed by atoms with Crippen LogP contribution >= 0.6 is 0 Å². The van der Waals surface area contributed by atoms with E-state index in [1.165, 1.54) is 0 Å². The van der Waals surface area contributed by atoms with Gasteiger partial charge in [-0.3, -0.25) is 4.79 Å². The van der Waals surface area contributed by atoms with E-state index in [2.05, 4.69) is 4.90 Å². The van der Waals surface area contributed by atoms with Crippen LogP contribution in [0.25, 0.3) is 0 Å². The zero-order valence-corrected chi connectivity index (χ0v) is 8.45. The molecule has 1 fully saturated rings. The molecular formula is C9H18N2O2. The first-order valence-corrected chi connectivity index (χ1v) is 4.71. The Morgan fingerprint density at radius 1 is 1.46 bits per heavy atom. The van der Waals surface area contributed by atoms with Crippen molar-refractivity contribution >= 4 is 5.97 Å². The third-order valence-electron chi connectivity index (χ3n) is 1.97. The summed E-state index contributed by atoms with van der Waals surface area (Å²) in [6.45, 7) is 4.46. The number of ether oxygens (including phenoxy) is 1. The zero-order valence-electron chi connectivity index (χ0n) is 8.45. The molecule has 0 saturated carbocycles. The van der Waals surface area contributed by atoms with E-state index in [0.717, 1.165) is 26.2 Å². The topological polar surface area (TPSA) is 32.5 Å². The third-order valence-corrected chi connectivity index (χ3v) is 1.97. The Hall–Kier alpha value is -0.610. The van der Waals surface area contributed by atoms with Gasteiger partial charge in [0.2, 0.25) is 0 Å². The standard InChI is InChI=1S/C9H18N2O2/c1-10(2)7-8-13-9(12)3-4-11-5-6-11/h3-8H2,1-2H3. The summed E-state index contributed by atoms with van der Waals surface area (Å²) in [5, 5.41) is 0. The van der Waals surface area contributed by atoms with E-state index in [9.17, 15) is 4.79 Å². The lowest BCUT2D eigenvalue weighted by molar-refractivity contribution is -0.144. The van der Waals surface area contributed by atoms with Gasteiger partial charge in [-0.1, -0.05) is 0 Å². The lowest BCUT2D eigenvalue weighted by atomic mass is 10.4. The van der Waals surface area contributed by atoms with Gasteiger partial charge in [0.25, 0.3) is 0 Å². The van der Waals surface area contributed by atoms with Gasteiger partial charge in [-0.15, -0.1) is 0 Å². The van der Waals surface area contributed by atoms with Crippen LogP contribution in [0, 0.1) is 0 Å². The number of rotatable bonds is 6. The Morgan fingerprint density at radius 3 is 2.69 bits per heavy atom. The van der Waals surface area contributed by atoms with Crippen LogP contribution in [0.4, 0.5) is 0 Å². The largest absolute Gasteiger partial charge is 0.464 e. The molecule has 1 heterocycles. The van der Waals surface area contributed by atoms with Gasteiger partial charge in [-0.25, -0.2) is 0 Å². The van der Waals surface area contributed by atoms with E-state index in [1.54, 1.807) is 0 Å². The third kappa shape index (κ3) is 5.60. The van der Waals surface area contributed by atoms with Crippen LogP contribution in [0.5, 0.6) is 0 Å². The number of carbonyl (C=O) groups excluding carboxylic acids is 1. The van der Waals surface area contributed by atoms with E-state index in [4.69, 9.17) is 4.74 Å². The molecule has 4 nitrogen and oxygen atoms in total. The normalized spacial score (nSPS) is 16.2. The highest BCUT2D eigenvalue weighted by molar-refractivity contribution is 5.69.